The first kappa shape index (κ1) is 15.8. The number of benzene rings is 2. The van der Waals surface area contributed by atoms with Crippen molar-refractivity contribution in [1.82, 2.24) is 0 Å². The Kier molecular flexibility index (Phi) is 4.99. The van der Waals surface area contributed by atoms with Crippen molar-refractivity contribution in [3.05, 3.63) is 59.4 Å². The number of nitrogens with zero attached hydrogens (tertiary/aromatic N) is 2. The lowest BCUT2D eigenvalue weighted by Gasteiger charge is -2.19. The van der Waals surface area contributed by atoms with Gasteiger partial charge in [-0.15, -0.1) is 0 Å². The topological polar surface area (TPSA) is 32.7 Å². The normalized spacial score (nSPS) is 11.4. The van der Waals surface area contributed by atoms with Crippen LogP contribution in [0, 0.1) is 5.82 Å². The third-order valence-corrected chi connectivity index (χ3v) is 3.34. The van der Waals surface area contributed by atoms with E-state index in [2.05, 4.69) is 4.99 Å². The van der Waals surface area contributed by atoms with Gasteiger partial charge in [0, 0.05) is 18.3 Å². The smallest absolute Gasteiger partial charge is 0.152 e. The van der Waals surface area contributed by atoms with Crippen molar-refractivity contribution in [3.8, 4) is 0 Å². The molecule has 0 unspecified atom stereocenters. The van der Waals surface area contributed by atoms with Crippen molar-refractivity contribution in [1.29, 1.82) is 0 Å². The van der Waals surface area contributed by atoms with Crippen molar-refractivity contribution < 1.29 is 13.6 Å². The fraction of sp³-hybridized carbons (Fsp3) is 0.176. The van der Waals surface area contributed by atoms with Crippen LogP contribution >= 0.6 is 0 Å². The second-order valence-corrected chi connectivity index (χ2v) is 4.84. The van der Waals surface area contributed by atoms with Crippen molar-refractivity contribution in [2.24, 2.45) is 4.99 Å². The van der Waals surface area contributed by atoms with Crippen molar-refractivity contribution in [3.63, 3.8) is 0 Å². The molecule has 5 heteroatoms. The predicted molar refractivity (Wildman–Crippen MR) is 84.2 cm³/mol. The molecule has 0 bridgehead atoms. The van der Waals surface area contributed by atoms with Gasteiger partial charge in [-0.1, -0.05) is 12.1 Å². The highest BCUT2D eigenvalue weighted by Crippen LogP contribution is 2.22. The van der Waals surface area contributed by atoms with E-state index < -0.39 is 6.67 Å². The first-order valence-corrected chi connectivity index (χ1v) is 6.74. The Morgan fingerprint density at radius 1 is 1.27 bits per heavy atom. The SMILES string of the molecule is CC(=Nc1ccc(CF)cc1C=O)N(C)c1cccc(F)c1. The number of carbonyl (C=O) groups excluding carboxylic acids is 1. The molecule has 3 nitrogen and oxygen atoms in total. The third-order valence-electron chi connectivity index (χ3n) is 3.34. The van der Waals surface area contributed by atoms with Gasteiger partial charge >= 0.3 is 0 Å². The number of anilines is 1. The summed E-state index contributed by atoms with van der Waals surface area (Å²) in [6.45, 7) is 1.12. The fourth-order valence-corrected chi connectivity index (χ4v) is 2.00. The number of carbonyl (C=O) groups is 1. The number of halogens is 2. The van der Waals surface area contributed by atoms with E-state index in [-0.39, 0.29) is 5.82 Å². The molecule has 0 aliphatic carbocycles. The first-order valence-electron chi connectivity index (χ1n) is 6.74. The Hall–Kier alpha value is -2.56. The van der Waals surface area contributed by atoms with Crippen molar-refractivity contribution in [2.75, 3.05) is 11.9 Å². The van der Waals surface area contributed by atoms with E-state index in [9.17, 15) is 13.6 Å². The zero-order valence-corrected chi connectivity index (χ0v) is 12.4. The van der Waals surface area contributed by atoms with E-state index in [1.165, 1.54) is 18.2 Å². The van der Waals surface area contributed by atoms with Crippen LogP contribution in [0.4, 0.5) is 20.2 Å². The molecule has 2 aromatic carbocycles. The van der Waals surface area contributed by atoms with Gasteiger partial charge < -0.3 is 4.90 Å². The zero-order valence-electron chi connectivity index (χ0n) is 12.4. The van der Waals surface area contributed by atoms with Crippen LogP contribution in [-0.4, -0.2) is 19.2 Å². The van der Waals surface area contributed by atoms with Crippen LogP contribution in [0.15, 0.2) is 47.5 Å². The Balaban J connectivity index is 2.34. The molecular formula is C17H16F2N2O. The Morgan fingerprint density at radius 3 is 2.68 bits per heavy atom. The largest absolute Gasteiger partial charge is 0.333 e. The van der Waals surface area contributed by atoms with Gasteiger partial charge in [-0.25, -0.2) is 13.8 Å². The van der Waals surface area contributed by atoms with E-state index >= 15 is 0 Å². The molecular weight excluding hydrogens is 286 g/mol. The summed E-state index contributed by atoms with van der Waals surface area (Å²) in [5, 5.41) is 0. The molecule has 22 heavy (non-hydrogen) atoms. The maximum atomic E-state index is 13.3. The first-order chi connectivity index (χ1) is 10.5. The highest BCUT2D eigenvalue weighted by molar-refractivity contribution is 5.98. The summed E-state index contributed by atoms with van der Waals surface area (Å²) < 4.78 is 25.9. The number of hydrogen-bond donors (Lipinski definition) is 0. The van der Waals surface area contributed by atoms with Crippen molar-refractivity contribution >= 4 is 23.5 Å². The van der Waals surface area contributed by atoms with E-state index in [4.69, 9.17) is 0 Å². The molecule has 0 saturated heterocycles. The molecule has 114 valence electrons. The molecule has 0 amide bonds. The van der Waals surface area contributed by atoms with Gasteiger partial charge in [-0.05, 0) is 42.8 Å². The molecule has 0 radical (unpaired) electrons. The van der Waals surface area contributed by atoms with Gasteiger partial charge in [0.1, 0.15) is 18.3 Å². The molecule has 2 rings (SSSR count). The molecule has 0 fully saturated rings. The van der Waals surface area contributed by atoms with Crippen LogP contribution in [0.25, 0.3) is 0 Å². The second-order valence-electron chi connectivity index (χ2n) is 4.84. The predicted octanol–water partition coefficient (Wildman–Crippen LogP) is 4.29. The van der Waals surface area contributed by atoms with Gasteiger partial charge in [-0.3, -0.25) is 4.79 Å². The summed E-state index contributed by atoms with van der Waals surface area (Å²) in [5.74, 6) is 0.250. The number of amidine groups is 1. The van der Waals surface area contributed by atoms with E-state index in [0.29, 0.717) is 34.6 Å². The molecule has 0 saturated carbocycles. The minimum Gasteiger partial charge on any atom is -0.333 e. The maximum Gasteiger partial charge on any atom is 0.152 e. The summed E-state index contributed by atoms with van der Waals surface area (Å²) in [5.41, 5.74) is 1.85. The maximum absolute atomic E-state index is 13.3. The lowest BCUT2D eigenvalue weighted by molar-refractivity contribution is 0.112. The summed E-state index contributed by atoms with van der Waals surface area (Å²) in [4.78, 5) is 17.2. The third kappa shape index (κ3) is 3.55. The average Bonchev–Trinajstić information content (AvgIpc) is 2.54. The van der Waals surface area contributed by atoms with Crippen LogP contribution in [0.1, 0.15) is 22.8 Å². The number of alkyl halides is 1. The van der Waals surface area contributed by atoms with E-state index in [1.807, 2.05) is 0 Å². The fourth-order valence-electron chi connectivity index (χ4n) is 2.00. The molecule has 2 aromatic rings. The summed E-state index contributed by atoms with van der Waals surface area (Å²) in [7, 11) is 1.75. The minimum absolute atomic E-state index is 0.321. The Bertz CT molecular complexity index is 714. The number of aliphatic imine (C=N–C) groups is 1. The average molecular weight is 302 g/mol. The molecule has 0 N–H and O–H groups in total. The number of hydrogen-bond acceptors (Lipinski definition) is 2. The summed E-state index contributed by atoms with van der Waals surface area (Å²) >= 11 is 0. The monoisotopic (exact) mass is 302 g/mol. The van der Waals surface area contributed by atoms with Crippen LogP contribution < -0.4 is 4.90 Å². The Labute approximate surface area is 127 Å². The lowest BCUT2D eigenvalue weighted by atomic mass is 10.1. The van der Waals surface area contributed by atoms with Crippen LogP contribution in [0.5, 0.6) is 0 Å². The van der Waals surface area contributed by atoms with Gasteiger partial charge in [0.05, 0.1) is 5.69 Å². The molecule has 0 atom stereocenters. The second kappa shape index (κ2) is 6.93. The van der Waals surface area contributed by atoms with Crippen LogP contribution in [-0.2, 0) is 6.67 Å². The van der Waals surface area contributed by atoms with Crippen LogP contribution in [0.2, 0.25) is 0 Å². The molecule has 0 aliphatic heterocycles. The highest BCUT2D eigenvalue weighted by atomic mass is 19.1. The summed E-state index contributed by atoms with van der Waals surface area (Å²) in [6.07, 6.45) is 0.646. The standard InChI is InChI=1S/C17H16F2N2O/c1-12(21(2)16-5-3-4-15(19)9-16)20-17-7-6-13(10-18)8-14(17)11-22/h3-9,11H,10H2,1-2H3. The van der Waals surface area contributed by atoms with Gasteiger partial charge in [0.2, 0.25) is 0 Å². The molecule has 0 aromatic heterocycles. The zero-order chi connectivity index (χ0) is 16.1. The van der Waals surface area contributed by atoms with Crippen molar-refractivity contribution in [2.45, 2.75) is 13.6 Å². The molecule has 0 aliphatic rings. The quantitative estimate of drug-likeness (QED) is 0.479. The van der Waals surface area contributed by atoms with Crippen LogP contribution in [0.3, 0.4) is 0 Å². The number of aldehydes is 1. The van der Waals surface area contributed by atoms with E-state index in [0.717, 1.165) is 0 Å². The molecule has 0 spiro atoms. The molecule has 0 heterocycles. The van der Waals surface area contributed by atoms with E-state index in [1.54, 1.807) is 43.1 Å². The van der Waals surface area contributed by atoms with Gasteiger partial charge in [0.15, 0.2) is 6.29 Å². The minimum atomic E-state index is -0.632. The van der Waals surface area contributed by atoms with Gasteiger partial charge in [-0.2, -0.15) is 0 Å². The van der Waals surface area contributed by atoms with Gasteiger partial charge in [0.25, 0.3) is 0 Å². The Morgan fingerprint density at radius 2 is 2.05 bits per heavy atom. The highest BCUT2D eigenvalue weighted by Gasteiger charge is 2.08. The lowest BCUT2D eigenvalue weighted by Crippen LogP contribution is -2.23. The number of rotatable bonds is 4. The summed E-state index contributed by atoms with van der Waals surface area (Å²) in [6, 6.07) is 10.8.